The Morgan fingerprint density at radius 2 is 1.77 bits per heavy atom. The average molecular weight is 425 g/mol. The van der Waals surface area contributed by atoms with Gasteiger partial charge in [-0.25, -0.2) is 8.78 Å². The Morgan fingerprint density at radius 1 is 1.18 bits per heavy atom. The molecule has 0 radical (unpaired) electrons. The van der Waals surface area contributed by atoms with Crippen LogP contribution in [0.15, 0.2) is 23.2 Å². The van der Waals surface area contributed by atoms with Gasteiger partial charge in [0.1, 0.15) is 11.6 Å². The lowest BCUT2D eigenvalue weighted by molar-refractivity contribution is 0.481. The number of aliphatic imine (C=N–C) groups is 1. The van der Waals surface area contributed by atoms with Crippen molar-refractivity contribution < 1.29 is 8.78 Å². The first-order chi connectivity index (χ1) is 9.95. The van der Waals surface area contributed by atoms with Gasteiger partial charge in [-0.15, -0.1) is 24.0 Å². The number of guanidine groups is 1. The molecule has 0 aliphatic rings. The summed E-state index contributed by atoms with van der Waals surface area (Å²) in [7, 11) is 0. The molecule has 0 amide bonds. The molecule has 0 saturated carbocycles. The second-order valence-corrected chi connectivity index (χ2v) is 5.39. The van der Waals surface area contributed by atoms with Crippen LogP contribution in [0.4, 0.5) is 8.78 Å². The highest BCUT2D eigenvalue weighted by Gasteiger charge is 2.10. The molecule has 1 atom stereocenters. The largest absolute Gasteiger partial charge is 0.357 e. The molecule has 1 unspecified atom stereocenters. The van der Waals surface area contributed by atoms with Gasteiger partial charge in [-0.2, -0.15) is 0 Å². The van der Waals surface area contributed by atoms with E-state index in [0.717, 1.165) is 6.54 Å². The Morgan fingerprint density at radius 3 is 2.27 bits per heavy atom. The third-order valence-electron chi connectivity index (χ3n) is 3.40. The predicted octanol–water partition coefficient (Wildman–Crippen LogP) is 3.72. The van der Waals surface area contributed by atoms with Crippen molar-refractivity contribution in [2.24, 2.45) is 10.9 Å². The molecule has 0 aliphatic heterocycles. The molecule has 0 fully saturated rings. The summed E-state index contributed by atoms with van der Waals surface area (Å²) in [5, 5.41) is 6.42. The van der Waals surface area contributed by atoms with E-state index < -0.39 is 11.6 Å². The van der Waals surface area contributed by atoms with Gasteiger partial charge in [0.05, 0.1) is 0 Å². The van der Waals surface area contributed by atoms with Crippen LogP contribution >= 0.6 is 24.0 Å². The van der Waals surface area contributed by atoms with Crippen molar-refractivity contribution in [2.75, 3.05) is 13.1 Å². The number of benzene rings is 1. The molecule has 126 valence electrons. The second-order valence-electron chi connectivity index (χ2n) is 5.39. The SMILES string of the molecule is CCNC(=NCCc1c(F)cccc1F)NC(C)C(C)C.I. The highest BCUT2D eigenvalue weighted by molar-refractivity contribution is 14.0. The highest BCUT2D eigenvalue weighted by Crippen LogP contribution is 2.12. The number of nitrogens with zero attached hydrogens (tertiary/aromatic N) is 1. The highest BCUT2D eigenvalue weighted by atomic mass is 127. The summed E-state index contributed by atoms with van der Waals surface area (Å²) in [5.74, 6) is 0.116. The maximum atomic E-state index is 13.5. The minimum Gasteiger partial charge on any atom is -0.357 e. The monoisotopic (exact) mass is 425 g/mol. The van der Waals surface area contributed by atoms with Crippen LogP contribution in [0.1, 0.15) is 33.3 Å². The second kappa shape index (κ2) is 10.7. The Balaban J connectivity index is 0.00000441. The van der Waals surface area contributed by atoms with Crippen LogP contribution in [0.5, 0.6) is 0 Å². The summed E-state index contributed by atoms with van der Waals surface area (Å²) in [5.41, 5.74) is 0.0917. The zero-order valence-electron chi connectivity index (χ0n) is 13.6. The summed E-state index contributed by atoms with van der Waals surface area (Å²) in [4.78, 5) is 4.37. The Labute approximate surface area is 149 Å². The van der Waals surface area contributed by atoms with E-state index >= 15 is 0 Å². The molecule has 0 aliphatic carbocycles. The molecule has 1 aromatic carbocycles. The van der Waals surface area contributed by atoms with E-state index in [1.807, 2.05) is 6.92 Å². The standard InChI is InChI=1S/C16H25F2N3.HI/c1-5-19-16(21-12(4)11(2)3)20-10-9-13-14(17)7-6-8-15(13)18;/h6-8,11-12H,5,9-10H2,1-4H3,(H2,19,20,21);1H. The van der Waals surface area contributed by atoms with E-state index in [0.29, 0.717) is 18.4 Å². The number of rotatable bonds is 6. The van der Waals surface area contributed by atoms with E-state index in [-0.39, 0.29) is 42.0 Å². The van der Waals surface area contributed by atoms with Crippen molar-refractivity contribution in [3.05, 3.63) is 35.4 Å². The first-order valence-corrected chi connectivity index (χ1v) is 7.43. The smallest absolute Gasteiger partial charge is 0.191 e. The van der Waals surface area contributed by atoms with Gasteiger partial charge < -0.3 is 10.6 Å². The number of hydrogen-bond donors (Lipinski definition) is 2. The molecule has 1 rings (SSSR count). The molecule has 6 heteroatoms. The molecule has 0 heterocycles. The lowest BCUT2D eigenvalue weighted by Gasteiger charge is -2.20. The van der Waals surface area contributed by atoms with E-state index in [1.54, 1.807) is 0 Å². The molecule has 0 spiro atoms. The van der Waals surface area contributed by atoms with Crippen molar-refractivity contribution in [3.8, 4) is 0 Å². The fraction of sp³-hybridized carbons (Fsp3) is 0.562. The minimum absolute atomic E-state index is 0. The lowest BCUT2D eigenvalue weighted by Crippen LogP contribution is -2.44. The van der Waals surface area contributed by atoms with Gasteiger partial charge in [0.15, 0.2) is 5.96 Å². The van der Waals surface area contributed by atoms with Crippen LogP contribution in [0.2, 0.25) is 0 Å². The van der Waals surface area contributed by atoms with Gasteiger partial charge in [0.25, 0.3) is 0 Å². The fourth-order valence-electron chi connectivity index (χ4n) is 1.75. The van der Waals surface area contributed by atoms with Crippen molar-refractivity contribution in [1.82, 2.24) is 10.6 Å². The predicted molar refractivity (Wildman–Crippen MR) is 98.9 cm³/mol. The van der Waals surface area contributed by atoms with E-state index in [1.165, 1.54) is 18.2 Å². The molecule has 0 saturated heterocycles. The summed E-state index contributed by atoms with van der Waals surface area (Å²) >= 11 is 0. The number of hydrogen-bond acceptors (Lipinski definition) is 1. The van der Waals surface area contributed by atoms with Crippen molar-refractivity contribution in [2.45, 2.75) is 40.2 Å². The van der Waals surface area contributed by atoms with E-state index in [2.05, 4.69) is 36.4 Å². The Hall–Kier alpha value is -0.920. The average Bonchev–Trinajstić information content (AvgIpc) is 2.42. The molecule has 0 aromatic heterocycles. The van der Waals surface area contributed by atoms with E-state index in [9.17, 15) is 8.78 Å². The molecular weight excluding hydrogens is 399 g/mol. The van der Waals surface area contributed by atoms with Gasteiger partial charge in [-0.3, -0.25) is 4.99 Å². The number of nitrogens with one attached hydrogen (secondary N) is 2. The summed E-state index contributed by atoms with van der Waals surface area (Å²) in [6.07, 6.45) is 0.241. The Bertz CT molecular complexity index is 458. The third kappa shape index (κ3) is 6.89. The van der Waals surface area contributed by atoms with Crippen LogP contribution in [-0.2, 0) is 6.42 Å². The minimum atomic E-state index is -0.515. The van der Waals surface area contributed by atoms with Gasteiger partial charge in [0.2, 0.25) is 0 Å². The quantitative estimate of drug-likeness (QED) is 0.414. The zero-order valence-corrected chi connectivity index (χ0v) is 15.9. The van der Waals surface area contributed by atoms with Crippen LogP contribution in [0.3, 0.4) is 0 Å². The topological polar surface area (TPSA) is 36.4 Å². The van der Waals surface area contributed by atoms with Crippen LogP contribution in [0.25, 0.3) is 0 Å². The fourth-order valence-corrected chi connectivity index (χ4v) is 1.75. The molecule has 22 heavy (non-hydrogen) atoms. The first-order valence-electron chi connectivity index (χ1n) is 7.43. The maximum Gasteiger partial charge on any atom is 0.191 e. The summed E-state index contributed by atoms with van der Waals surface area (Å²) < 4.78 is 27.0. The summed E-state index contributed by atoms with van der Waals surface area (Å²) in [6, 6.07) is 4.18. The van der Waals surface area contributed by atoms with Crippen molar-refractivity contribution in [3.63, 3.8) is 0 Å². The van der Waals surface area contributed by atoms with Gasteiger partial charge in [-0.1, -0.05) is 19.9 Å². The van der Waals surface area contributed by atoms with Gasteiger partial charge in [-0.05, 0) is 38.3 Å². The third-order valence-corrected chi connectivity index (χ3v) is 3.40. The number of halogens is 3. The lowest BCUT2D eigenvalue weighted by atomic mass is 10.1. The van der Waals surface area contributed by atoms with Gasteiger partial charge in [0, 0.05) is 24.7 Å². The van der Waals surface area contributed by atoms with E-state index in [4.69, 9.17) is 0 Å². The normalized spacial score (nSPS) is 12.8. The molecule has 2 N–H and O–H groups in total. The van der Waals surface area contributed by atoms with Crippen LogP contribution < -0.4 is 10.6 Å². The molecule has 0 bridgehead atoms. The van der Waals surface area contributed by atoms with Crippen LogP contribution in [-0.4, -0.2) is 25.1 Å². The van der Waals surface area contributed by atoms with Crippen LogP contribution in [0, 0.1) is 17.6 Å². The molecule has 1 aromatic rings. The van der Waals surface area contributed by atoms with Crippen molar-refractivity contribution >= 4 is 29.9 Å². The first kappa shape index (κ1) is 21.1. The van der Waals surface area contributed by atoms with Crippen molar-refractivity contribution in [1.29, 1.82) is 0 Å². The maximum absolute atomic E-state index is 13.5. The molecule has 3 nitrogen and oxygen atoms in total. The molecular formula is C16H26F2IN3. The summed E-state index contributed by atoms with van der Waals surface area (Å²) in [6.45, 7) is 9.37. The Kier molecular flexibility index (Phi) is 10.3. The zero-order chi connectivity index (χ0) is 15.8. The van der Waals surface area contributed by atoms with Gasteiger partial charge >= 0.3 is 0 Å².